The van der Waals surface area contributed by atoms with Gasteiger partial charge in [-0.2, -0.15) is 0 Å². The lowest BCUT2D eigenvalue weighted by Gasteiger charge is -2.28. The Balaban J connectivity index is 2.32. The summed E-state index contributed by atoms with van der Waals surface area (Å²) in [6.45, 7) is 4.87. The number of para-hydroxylation sites is 1. The van der Waals surface area contributed by atoms with Gasteiger partial charge in [-0.25, -0.2) is 0 Å². The molecule has 1 amide bonds. The minimum Gasteiger partial charge on any atom is -0.465 e. The molecule has 0 spiro atoms. The number of nitrogens with zero attached hydrogens (tertiary/aromatic N) is 2. The number of hydrogen-bond donors (Lipinski definition) is 0. The van der Waals surface area contributed by atoms with Crippen LogP contribution in [0.25, 0.3) is 0 Å². The second-order valence-electron chi connectivity index (χ2n) is 7.34. The Hall–Kier alpha value is -2.05. The van der Waals surface area contributed by atoms with Crippen LogP contribution in [0.15, 0.2) is 53.5 Å². The molecule has 5 nitrogen and oxygen atoms in total. The van der Waals surface area contributed by atoms with Crippen molar-refractivity contribution in [3.8, 4) is 0 Å². The van der Waals surface area contributed by atoms with Crippen molar-refractivity contribution in [3.63, 3.8) is 0 Å². The molecule has 0 N–H and O–H groups in total. The lowest BCUT2D eigenvalue weighted by Crippen LogP contribution is -2.44. The van der Waals surface area contributed by atoms with Crippen molar-refractivity contribution >= 4 is 29.3 Å². The van der Waals surface area contributed by atoms with Crippen LogP contribution < -0.4 is 4.90 Å². The van der Waals surface area contributed by atoms with Gasteiger partial charge in [0.25, 0.3) is 0 Å². The largest absolute Gasteiger partial charge is 0.465 e. The minimum absolute atomic E-state index is 0.00853. The highest BCUT2D eigenvalue weighted by atomic mass is 32.2. The molecule has 0 aliphatic carbocycles. The van der Waals surface area contributed by atoms with Gasteiger partial charge in [0.1, 0.15) is 6.61 Å². The molecule has 1 aliphatic rings. The third-order valence-electron chi connectivity index (χ3n) is 4.75. The van der Waals surface area contributed by atoms with Crippen molar-refractivity contribution in [1.82, 2.24) is 4.90 Å². The van der Waals surface area contributed by atoms with E-state index in [1.54, 1.807) is 11.8 Å². The van der Waals surface area contributed by atoms with Crippen molar-refractivity contribution in [2.45, 2.75) is 36.8 Å². The van der Waals surface area contributed by atoms with Crippen molar-refractivity contribution in [1.29, 1.82) is 0 Å². The Morgan fingerprint density at radius 3 is 2.69 bits per heavy atom. The number of amides is 1. The summed E-state index contributed by atoms with van der Waals surface area (Å²) in [5, 5.41) is 0.00853. The highest BCUT2D eigenvalue weighted by Crippen LogP contribution is 2.41. The number of rotatable bonds is 9. The van der Waals surface area contributed by atoms with Crippen LogP contribution in [-0.4, -0.2) is 55.8 Å². The average Bonchev–Trinajstić information content (AvgIpc) is 2.78. The molecule has 0 saturated carbocycles. The topological polar surface area (TPSA) is 49.9 Å². The van der Waals surface area contributed by atoms with E-state index < -0.39 is 0 Å². The summed E-state index contributed by atoms with van der Waals surface area (Å²) in [6.07, 6.45) is 9.99. The molecule has 0 aromatic heterocycles. The van der Waals surface area contributed by atoms with Gasteiger partial charge in [0.15, 0.2) is 0 Å². The smallest absolute Gasteiger partial charge is 0.302 e. The molecule has 1 heterocycles. The van der Waals surface area contributed by atoms with Gasteiger partial charge in [-0.15, -0.1) is 11.8 Å². The summed E-state index contributed by atoms with van der Waals surface area (Å²) in [6, 6.07) is 8.04. The number of carbonyl (C=O) groups is 2. The highest BCUT2D eigenvalue weighted by molar-refractivity contribution is 8.00. The summed E-state index contributed by atoms with van der Waals surface area (Å²) in [5.74, 6) is -0.714. The lowest BCUT2D eigenvalue weighted by atomic mass is 10.0. The van der Waals surface area contributed by atoms with E-state index in [-0.39, 0.29) is 29.7 Å². The maximum Gasteiger partial charge on any atom is 0.302 e. The van der Waals surface area contributed by atoms with Crippen molar-refractivity contribution in [2.24, 2.45) is 5.92 Å². The van der Waals surface area contributed by atoms with Crippen LogP contribution in [-0.2, 0) is 14.3 Å². The van der Waals surface area contributed by atoms with E-state index in [4.69, 9.17) is 4.74 Å². The Morgan fingerprint density at radius 2 is 2.00 bits per heavy atom. The van der Waals surface area contributed by atoms with Gasteiger partial charge in [-0.05, 0) is 46.0 Å². The number of hydrogen-bond acceptors (Lipinski definition) is 5. The molecule has 158 valence electrons. The highest BCUT2D eigenvalue weighted by Gasteiger charge is 2.37. The van der Waals surface area contributed by atoms with Crippen molar-refractivity contribution in [2.75, 3.05) is 38.7 Å². The van der Waals surface area contributed by atoms with Gasteiger partial charge >= 0.3 is 5.97 Å². The van der Waals surface area contributed by atoms with Crippen LogP contribution in [0.4, 0.5) is 5.69 Å². The first-order valence-corrected chi connectivity index (χ1v) is 10.9. The van der Waals surface area contributed by atoms with E-state index in [0.717, 1.165) is 30.0 Å². The lowest BCUT2D eigenvalue weighted by molar-refractivity contribution is -0.143. The maximum absolute atomic E-state index is 13.5. The Labute approximate surface area is 178 Å². The van der Waals surface area contributed by atoms with Gasteiger partial charge in [-0.3, -0.25) is 9.59 Å². The third-order valence-corrected chi connectivity index (χ3v) is 6.17. The number of ether oxygens (including phenoxy) is 1. The molecule has 1 aliphatic heterocycles. The van der Waals surface area contributed by atoms with Crippen LogP contribution in [0.3, 0.4) is 0 Å². The Kier molecular flexibility index (Phi) is 9.48. The van der Waals surface area contributed by atoms with E-state index in [2.05, 4.69) is 29.2 Å². The van der Waals surface area contributed by atoms with Crippen molar-refractivity contribution in [3.05, 3.63) is 48.6 Å². The molecule has 0 radical (unpaired) electrons. The zero-order valence-corrected chi connectivity index (χ0v) is 18.7. The SMILES string of the molecule is C/C=C\C/C=C\CC1Sc2ccccc2N(CCN(C)C)C(=O)C1COC(C)=O. The van der Waals surface area contributed by atoms with Gasteiger partial charge in [-0.1, -0.05) is 36.4 Å². The van der Waals surface area contributed by atoms with E-state index in [0.29, 0.717) is 6.54 Å². The zero-order chi connectivity index (χ0) is 21.2. The monoisotopic (exact) mass is 416 g/mol. The number of allylic oxidation sites excluding steroid dienone is 4. The van der Waals surface area contributed by atoms with Crippen molar-refractivity contribution < 1.29 is 14.3 Å². The standard InChI is InChI=1S/C23H32N2O3S/c1-5-6-7-8-9-13-21-19(17-28-18(2)26)23(27)25(16-15-24(3)4)20-12-10-11-14-22(20)29-21/h5-6,8-12,14,19,21H,7,13,15-17H2,1-4H3/b6-5-,9-8-. The zero-order valence-electron chi connectivity index (χ0n) is 17.8. The first kappa shape index (κ1) is 23.2. The van der Waals surface area contributed by atoms with Gasteiger partial charge in [0.05, 0.1) is 11.6 Å². The summed E-state index contributed by atoms with van der Waals surface area (Å²) in [7, 11) is 4.00. The van der Waals surface area contributed by atoms with Crippen LogP contribution in [0.5, 0.6) is 0 Å². The fraction of sp³-hybridized carbons (Fsp3) is 0.478. The molecule has 29 heavy (non-hydrogen) atoms. The van der Waals surface area contributed by atoms with E-state index >= 15 is 0 Å². The summed E-state index contributed by atoms with van der Waals surface area (Å²) in [5.41, 5.74) is 0.942. The Bertz CT molecular complexity index is 745. The summed E-state index contributed by atoms with van der Waals surface area (Å²) in [4.78, 5) is 30.0. The molecular formula is C23H32N2O3S. The fourth-order valence-electron chi connectivity index (χ4n) is 3.17. The van der Waals surface area contributed by atoms with Gasteiger partial charge in [0, 0.05) is 30.2 Å². The third kappa shape index (κ3) is 7.05. The Morgan fingerprint density at radius 1 is 1.24 bits per heavy atom. The van der Waals surface area contributed by atoms with Crippen LogP contribution >= 0.6 is 11.8 Å². The predicted molar refractivity (Wildman–Crippen MR) is 120 cm³/mol. The normalized spacial score (nSPS) is 19.8. The molecule has 2 rings (SSSR count). The summed E-state index contributed by atoms with van der Waals surface area (Å²) >= 11 is 1.71. The van der Waals surface area contributed by atoms with Crippen LogP contribution in [0.2, 0.25) is 0 Å². The molecular weight excluding hydrogens is 384 g/mol. The van der Waals surface area contributed by atoms with Crippen LogP contribution in [0, 0.1) is 5.92 Å². The molecule has 0 fully saturated rings. The number of esters is 1. The second-order valence-corrected chi connectivity index (χ2v) is 8.62. The van der Waals surface area contributed by atoms with Gasteiger partial charge < -0.3 is 14.5 Å². The quantitative estimate of drug-likeness (QED) is 0.447. The first-order valence-electron chi connectivity index (χ1n) is 10.0. The molecule has 0 bridgehead atoms. The molecule has 2 atom stereocenters. The molecule has 0 saturated heterocycles. The minimum atomic E-state index is -0.384. The molecule has 2 unspecified atom stereocenters. The van der Waals surface area contributed by atoms with Gasteiger partial charge in [0.2, 0.25) is 5.91 Å². The maximum atomic E-state index is 13.5. The van der Waals surface area contributed by atoms with Crippen LogP contribution in [0.1, 0.15) is 26.7 Å². The number of anilines is 1. The predicted octanol–water partition coefficient (Wildman–Crippen LogP) is 4.15. The van der Waals surface area contributed by atoms with E-state index in [1.165, 1.54) is 6.92 Å². The van der Waals surface area contributed by atoms with E-state index in [9.17, 15) is 9.59 Å². The number of thioether (sulfide) groups is 1. The molecule has 1 aromatic rings. The number of benzene rings is 1. The first-order chi connectivity index (χ1) is 13.9. The number of carbonyl (C=O) groups excluding carboxylic acids is 2. The fourth-order valence-corrected chi connectivity index (χ4v) is 4.52. The number of fused-ring (bicyclic) bond motifs is 1. The molecule has 1 aromatic carbocycles. The number of likely N-dealkylation sites (N-methyl/N-ethyl adjacent to an activating group) is 1. The second kappa shape index (κ2) is 11.8. The van der Waals surface area contributed by atoms with E-state index in [1.807, 2.05) is 50.2 Å². The molecule has 6 heteroatoms. The average molecular weight is 417 g/mol. The summed E-state index contributed by atoms with van der Waals surface area (Å²) < 4.78 is 5.31.